The van der Waals surface area contributed by atoms with Crippen LogP contribution in [0.15, 0.2) is 249 Å². The quantitative estimate of drug-likeness (QED) is 0.166. The van der Waals surface area contributed by atoms with E-state index >= 15 is 0 Å². The van der Waals surface area contributed by atoms with Crippen molar-refractivity contribution in [2.45, 2.75) is 5.41 Å². The molecule has 1 aliphatic carbocycles. The summed E-state index contributed by atoms with van der Waals surface area (Å²) in [5, 5.41) is 0. The number of benzene rings is 10. The van der Waals surface area contributed by atoms with Crippen molar-refractivity contribution < 1.29 is 4.74 Å². The Morgan fingerprint density at radius 3 is 1.10 bits per heavy atom. The second-order valence-electron chi connectivity index (χ2n) is 16.4. The first kappa shape index (κ1) is 36.6. The third-order valence-electron chi connectivity index (χ3n) is 13.0. The minimum atomic E-state index is -0.652. The highest BCUT2D eigenvalue weighted by Crippen LogP contribution is 2.61. The van der Waals surface area contributed by atoms with Gasteiger partial charge in [0.15, 0.2) is 0 Å². The Morgan fingerprint density at radius 1 is 0.254 bits per heavy atom. The van der Waals surface area contributed by atoms with Crippen LogP contribution in [0.25, 0.3) is 55.6 Å². The average molecular weight is 804 g/mol. The van der Waals surface area contributed by atoms with Gasteiger partial charge < -0.3 is 9.64 Å². The summed E-state index contributed by atoms with van der Waals surface area (Å²) in [4.78, 5) is 2.34. The van der Waals surface area contributed by atoms with Crippen LogP contribution >= 0.6 is 0 Å². The maximum absolute atomic E-state index is 6.86. The fraction of sp³-hybridized carbons (Fsp3) is 0.0164. The Kier molecular flexibility index (Phi) is 8.76. The molecule has 12 rings (SSSR count). The highest BCUT2D eigenvalue weighted by Gasteiger charge is 2.49. The van der Waals surface area contributed by atoms with E-state index in [1.165, 1.54) is 55.6 Å². The van der Waals surface area contributed by atoms with Gasteiger partial charge in [-0.2, -0.15) is 0 Å². The summed E-state index contributed by atoms with van der Waals surface area (Å²) in [7, 11) is 0. The predicted octanol–water partition coefficient (Wildman–Crippen LogP) is 16.3. The van der Waals surface area contributed by atoms with Gasteiger partial charge in [-0.05, 0) is 121 Å². The van der Waals surface area contributed by atoms with Gasteiger partial charge in [0.25, 0.3) is 0 Å². The Hall–Kier alpha value is -8.20. The highest BCUT2D eigenvalue weighted by atomic mass is 16.5. The second-order valence-corrected chi connectivity index (χ2v) is 16.4. The number of ether oxygens (including phenoxy) is 1. The molecule has 0 amide bonds. The number of nitrogens with zero attached hydrogens (tertiary/aromatic N) is 1. The minimum Gasteiger partial charge on any atom is -0.457 e. The zero-order chi connectivity index (χ0) is 41.7. The molecule has 10 aromatic rings. The van der Waals surface area contributed by atoms with Gasteiger partial charge >= 0.3 is 0 Å². The lowest BCUT2D eigenvalue weighted by Crippen LogP contribution is -2.34. The van der Waals surface area contributed by atoms with Crippen LogP contribution in [0.1, 0.15) is 22.3 Å². The monoisotopic (exact) mass is 803 g/mol. The van der Waals surface area contributed by atoms with Crippen molar-refractivity contribution in [1.82, 2.24) is 0 Å². The van der Waals surface area contributed by atoms with Gasteiger partial charge in [0, 0.05) is 28.2 Å². The molecule has 1 spiro atoms. The SMILES string of the molecule is c1ccc(-c2ccc(N(c3ccc(-c4ccccc4)cc3)c3ccc(-c4ccc5c(c4)C4(c6ccccc6O5)c5ccccc5-c5ccccc5-c5ccccc54)cc3)cc2)cc1. The number of anilines is 3. The molecule has 0 radical (unpaired) electrons. The predicted molar refractivity (Wildman–Crippen MR) is 260 cm³/mol. The molecule has 0 saturated heterocycles. The Bertz CT molecular complexity index is 3130. The highest BCUT2D eigenvalue weighted by molar-refractivity contribution is 5.94. The average Bonchev–Trinajstić information content (AvgIpc) is 3.47. The van der Waals surface area contributed by atoms with Gasteiger partial charge in [-0.1, -0.05) is 194 Å². The first-order chi connectivity index (χ1) is 31.2. The van der Waals surface area contributed by atoms with Crippen LogP contribution in [0, 0.1) is 0 Å². The molecule has 0 aromatic heterocycles. The molecule has 1 heterocycles. The smallest absolute Gasteiger partial charge is 0.132 e. The number of hydrogen-bond donors (Lipinski definition) is 0. The van der Waals surface area contributed by atoms with E-state index in [-0.39, 0.29) is 0 Å². The van der Waals surface area contributed by atoms with E-state index in [1.807, 2.05) is 0 Å². The van der Waals surface area contributed by atoms with E-state index in [9.17, 15) is 0 Å². The van der Waals surface area contributed by atoms with Crippen molar-refractivity contribution in [2.75, 3.05) is 4.90 Å². The van der Waals surface area contributed by atoms with Gasteiger partial charge in [0.1, 0.15) is 11.5 Å². The zero-order valence-corrected chi connectivity index (χ0v) is 34.5. The Balaban J connectivity index is 0.997. The molecule has 2 aliphatic rings. The molecule has 10 aromatic carbocycles. The van der Waals surface area contributed by atoms with Crippen molar-refractivity contribution in [1.29, 1.82) is 0 Å². The molecule has 2 nitrogen and oxygen atoms in total. The summed E-state index contributed by atoms with van der Waals surface area (Å²) in [5.74, 6) is 1.75. The summed E-state index contributed by atoms with van der Waals surface area (Å²) in [5.41, 5.74) is 19.4. The van der Waals surface area contributed by atoms with Crippen molar-refractivity contribution in [2.24, 2.45) is 0 Å². The van der Waals surface area contributed by atoms with Crippen LogP contribution < -0.4 is 9.64 Å². The van der Waals surface area contributed by atoms with E-state index in [1.54, 1.807) is 0 Å². The van der Waals surface area contributed by atoms with Gasteiger partial charge in [0.05, 0.1) is 5.41 Å². The number of rotatable bonds is 6. The maximum atomic E-state index is 6.86. The fourth-order valence-electron chi connectivity index (χ4n) is 10.1. The lowest BCUT2D eigenvalue weighted by atomic mass is 9.62. The Labute approximate surface area is 368 Å². The van der Waals surface area contributed by atoms with Crippen LogP contribution in [0.4, 0.5) is 17.1 Å². The fourth-order valence-corrected chi connectivity index (χ4v) is 10.1. The molecule has 0 unspecified atom stereocenters. The van der Waals surface area contributed by atoms with E-state index < -0.39 is 5.41 Å². The molecule has 0 atom stereocenters. The molecule has 0 fully saturated rings. The molecule has 0 bridgehead atoms. The van der Waals surface area contributed by atoms with Gasteiger partial charge in [-0.25, -0.2) is 0 Å². The van der Waals surface area contributed by atoms with Crippen molar-refractivity contribution >= 4 is 17.1 Å². The van der Waals surface area contributed by atoms with Crippen LogP contribution in [0.5, 0.6) is 11.5 Å². The Morgan fingerprint density at radius 2 is 0.603 bits per heavy atom. The van der Waals surface area contributed by atoms with Gasteiger partial charge in [-0.15, -0.1) is 0 Å². The number of fused-ring (bicyclic) bond motifs is 11. The summed E-state index contributed by atoms with van der Waals surface area (Å²) in [6, 6.07) is 90.1. The molecular formula is C61H41NO. The van der Waals surface area contributed by atoms with Crippen LogP contribution in [0.3, 0.4) is 0 Å². The summed E-state index contributed by atoms with van der Waals surface area (Å²) < 4.78 is 6.86. The summed E-state index contributed by atoms with van der Waals surface area (Å²) >= 11 is 0. The van der Waals surface area contributed by atoms with Gasteiger partial charge in [-0.3, -0.25) is 0 Å². The topological polar surface area (TPSA) is 12.5 Å². The van der Waals surface area contributed by atoms with E-state index in [4.69, 9.17) is 4.74 Å². The van der Waals surface area contributed by atoms with E-state index in [0.717, 1.165) is 50.8 Å². The molecule has 2 heteroatoms. The third-order valence-corrected chi connectivity index (χ3v) is 13.0. The molecule has 63 heavy (non-hydrogen) atoms. The lowest BCUT2D eigenvalue weighted by Gasteiger charge is -2.42. The second kappa shape index (κ2) is 15.1. The van der Waals surface area contributed by atoms with E-state index in [2.05, 4.69) is 254 Å². The molecule has 1 aliphatic heterocycles. The standard InChI is InChI=1S/C61H41NO/c1-3-15-42(16-4-1)44-27-34-48(35-28-44)62(49-36-29-45(30-37-49)43-17-5-2-6-18-43)50-38-31-46(32-39-50)47-33-40-60-58(41-47)61(57-25-13-14-26-59(57)63-60)55-23-11-9-21-53(55)51-19-7-8-20-52(51)54-22-10-12-24-56(54)61/h1-41H. The number of hydrogen-bond acceptors (Lipinski definition) is 2. The maximum Gasteiger partial charge on any atom is 0.132 e. The molecule has 0 N–H and O–H groups in total. The largest absolute Gasteiger partial charge is 0.457 e. The third kappa shape index (κ3) is 6.02. The van der Waals surface area contributed by atoms with Gasteiger partial charge in [0.2, 0.25) is 0 Å². The normalized spacial score (nSPS) is 12.7. The van der Waals surface area contributed by atoms with Crippen LogP contribution in [-0.2, 0) is 5.41 Å². The minimum absolute atomic E-state index is 0.652. The van der Waals surface area contributed by atoms with Crippen molar-refractivity contribution in [3.8, 4) is 67.1 Å². The molecule has 296 valence electrons. The lowest BCUT2D eigenvalue weighted by molar-refractivity contribution is 0.435. The summed E-state index contributed by atoms with van der Waals surface area (Å²) in [6.07, 6.45) is 0. The number of para-hydroxylation sites is 1. The molecule has 0 saturated carbocycles. The van der Waals surface area contributed by atoms with Crippen LogP contribution in [0.2, 0.25) is 0 Å². The summed E-state index contributed by atoms with van der Waals surface area (Å²) in [6.45, 7) is 0. The molecular weight excluding hydrogens is 763 g/mol. The van der Waals surface area contributed by atoms with Crippen molar-refractivity contribution in [3.63, 3.8) is 0 Å². The van der Waals surface area contributed by atoms with E-state index in [0.29, 0.717) is 0 Å². The van der Waals surface area contributed by atoms with Crippen molar-refractivity contribution in [3.05, 3.63) is 271 Å². The first-order valence-electron chi connectivity index (χ1n) is 21.7. The zero-order valence-electron chi connectivity index (χ0n) is 34.5. The van der Waals surface area contributed by atoms with Crippen LogP contribution in [-0.4, -0.2) is 0 Å². The first-order valence-corrected chi connectivity index (χ1v) is 21.7.